The van der Waals surface area contributed by atoms with Gasteiger partial charge in [0.05, 0.1) is 15.8 Å². The smallest absolute Gasteiger partial charge is 0.260 e. The fourth-order valence-electron chi connectivity index (χ4n) is 4.01. The zero-order valence-electron chi connectivity index (χ0n) is 17.3. The SMILES string of the molecule is CN[SH+](=O)C(C=C(S)C(=O)N1CCN(c2ncnc3[nH]ccc23)CC12CC2)=C(C)C. The Balaban J connectivity index is 1.56. The highest BCUT2D eigenvalue weighted by Gasteiger charge is 2.53. The number of rotatable bonds is 5. The van der Waals surface area contributed by atoms with Crippen LogP contribution in [0.3, 0.4) is 0 Å². The second kappa shape index (κ2) is 8.16. The van der Waals surface area contributed by atoms with Gasteiger partial charge >= 0.3 is 0 Å². The van der Waals surface area contributed by atoms with Crippen molar-refractivity contribution in [2.24, 2.45) is 0 Å². The fraction of sp³-hybridized carbons (Fsp3) is 0.450. The highest BCUT2D eigenvalue weighted by atomic mass is 32.2. The van der Waals surface area contributed by atoms with Crippen LogP contribution in [0.1, 0.15) is 26.7 Å². The second-order valence-corrected chi connectivity index (χ2v) is 9.97. The molecular weight excluding hydrogens is 420 g/mol. The van der Waals surface area contributed by atoms with E-state index in [1.54, 1.807) is 19.5 Å². The first-order valence-electron chi connectivity index (χ1n) is 9.94. The van der Waals surface area contributed by atoms with Gasteiger partial charge in [-0.1, -0.05) is 4.21 Å². The lowest BCUT2D eigenvalue weighted by Gasteiger charge is -2.42. The van der Waals surface area contributed by atoms with Crippen molar-refractivity contribution in [1.29, 1.82) is 0 Å². The van der Waals surface area contributed by atoms with Crippen LogP contribution in [-0.4, -0.2) is 58.0 Å². The van der Waals surface area contributed by atoms with Crippen LogP contribution in [0.5, 0.6) is 0 Å². The molecule has 30 heavy (non-hydrogen) atoms. The van der Waals surface area contributed by atoms with Crippen LogP contribution < -0.4 is 9.62 Å². The topological polar surface area (TPSA) is 94.2 Å². The summed E-state index contributed by atoms with van der Waals surface area (Å²) < 4.78 is 15.0. The number of hydrogen-bond donors (Lipinski definition) is 3. The molecule has 1 spiro atoms. The lowest BCUT2D eigenvalue weighted by Crippen LogP contribution is -2.57. The minimum Gasteiger partial charge on any atom is -0.352 e. The van der Waals surface area contributed by atoms with Crippen molar-refractivity contribution in [3.8, 4) is 0 Å². The summed E-state index contributed by atoms with van der Waals surface area (Å²) in [6.45, 7) is 5.78. The van der Waals surface area contributed by atoms with Gasteiger partial charge in [-0.15, -0.1) is 17.4 Å². The van der Waals surface area contributed by atoms with Crippen LogP contribution in [0.2, 0.25) is 0 Å². The fourth-order valence-corrected chi connectivity index (χ4v) is 5.26. The van der Waals surface area contributed by atoms with Gasteiger partial charge in [0.25, 0.3) is 5.91 Å². The second-order valence-electron chi connectivity index (χ2n) is 7.97. The molecule has 4 rings (SSSR count). The summed E-state index contributed by atoms with van der Waals surface area (Å²) in [6, 6.07) is 1.99. The maximum Gasteiger partial charge on any atom is 0.260 e. The molecule has 1 atom stereocenters. The summed E-state index contributed by atoms with van der Waals surface area (Å²) in [5, 5.41) is 0.993. The maximum absolute atomic E-state index is 13.2. The zero-order valence-corrected chi connectivity index (χ0v) is 19.1. The quantitative estimate of drug-likeness (QED) is 0.282. The average Bonchev–Trinajstić information content (AvgIpc) is 3.32. The molecule has 2 aromatic heterocycles. The van der Waals surface area contributed by atoms with E-state index in [9.17, 15) is 9.00 Å². The summed E-state index contributed by atoms with van der Waals surface area (Å²) in [5.74, 6) is 0.794. The summed E-state index contributed by atoms with van der Waals surface area (Å²) in [6.07, 6.45) is 7.00. The number of aromatic nitrogens is 3. The van der Waals surface area contributed by atoms with Crippen molar-refractivity contribution < 1.29 is 9.00 Å². The zero-order chi connectivity index (χ0) is 21.5. The van der Waals surface area contributed by atoms with Crippen molar-refractivity contribution in [1.82, 2.24) is 24.6 Å². The van der Waals surface area contributed by atoms with E-state index in [1.807, 2.05) is 31.0 Å². The number of thiol groups is 2. The van der Waals surface area contributed by atoms with Crippen LogP contribution in [0.25, 0.3) is 11.0 Å². The summed E-state index contributed by atoms with van der Waals surface area (Å²) in [4.78, 5) is 30.3. The number of carbonyl (C=O) groups is 1. The van der Waals surface area contributed by atoms with E-state index < -0.39 is 11.0 Å². The standard InChI is InChI=1S/C20H26N6O2S2/c1-13(2)16(30(28)21-3)10-15(29)19(27)26-9-8-25(11-20(26)5-6-20)18-14-4-7-22-17(14)23-12-24-18/h4,7,10,12,29H,5-6,8-9,11H2,1-3H3,(H,21,28)(H,22,23,24)/p+1. The number of H-pyrrole nitrogens is 1. The van der Waals surface area contributed by atoms with Crippen molar-refractivity contribution in [3.05, 3.63) is 40.0 Å². The first-order chi connectivity index (χ1) is 14.4. The lowest BCUT2D eigenvalue weighted by molar-refractivity contribution is -0.129. The molecule has 1 saturated heterocycles. The van der Waals surface area contributed by atoms with E-state index in [-0.39, 0.29) is 11.4 Å². The monoisotopic (exact) mass is 447 g/mol. The molecule has 1 amide bonds. The molecule has 2 aromatic rings. The van der Waals surface area contributed by atoms with Gasteiger partial charge in [-0.05, 0) is 38.3 Å². The number of allylic oxidation sites excluding steroid dienone is 2. The van der Waals surface area contributed by atoms with Crippen molar-refractivity contribution >= 4 is 46.4 Å². The van der Waals surface area contributed by atoms with Crippen molar-refractivity contribution in [3.63, 3.8) is 0 Å². The van der Waals surface area contributed by atoms with Crippen molar-refractivity contribution in [2.75, 3.05) is 31.6 Å². The Morgan fingerprint density at radius 1 is 1.33 bits per heavy atom. The van der Waals surface area contributed by atoms with E-state index in [0.29, 0.717) is 22.9 Å². The van der Waals surface area contributed by atoms with Gasteiger partial charge in [-0.25, -0.2) is 9.97 Å². The average molecular weight is 448 g/mol. The van der Waals surface area contributed by atoms with Gasteiger partial charge in [-0.2, -0.15) is 0 Å². The van der Waals surface area contributed by atoms with Gasteiger partial charge in [0.1, 0.15) is 17.8 Å². The Morgan fingerprint density at radius 2 is 2.10 bits per heavy atom. The molecule has 3 heterocycles. The van der Waals surface area contributed by atoms with Crippen LogP contribution in [-0.2, 0) is 20.0 Å². The van der Waals surface area contributed by atoms with Gasteiger partial charge in [0, 0.05) is 39.0 Å². The molecule has 1 aliphatic heterocycles. The number of fused-ring (bicyclic) bond motifs is 1. The molecule has 1 unspecified atom stereocenters. The molecule has 0 aromatic carbocycles. The molecular formula is C20H27N6O2S2+. The van der Waals surface area contributed by atoms with Gasteiger partial charge in [0.2, 0.25) is 0 Å². The van der Waals surface area contributed by atoms with Crippen molar-refractivity contribution in [2.45, 2.75) is 32.2 Å². The molecule has 0 bridgehead atoms. The first-order valence-corrected chi connectivity index (χ1v) is 11.6. The Morgan fingerprint density at radius 3 is 2.77 bits per heavy atom. The van der Waals surface area contributed by atoms with Crippen LogP contribution in [0, 0.1) is 0 Å². The molecule has 8 nitrogen and oxygen atoms in total. The number of nitrogens with one attached hydrogen (secondary N) is 2. The Kier molecular flexibility index (Phi) is 5.73. The summed E-state index contributed by atoms with van der Waals surface area (Å²) in [5.41, 5.74) is 1.52. The number of hydrogen-bond acceptors (Lipinski definition) is 6. The van der Waals surface area contributed by atoms with E-state index in [1.165, 1.54) is 0 Å². The largest absolute Gasteiger partial charge is 0.352 e. The number of anilines is 1. The van der Waals surface area contributed by atoms with Crippen LogP contribution in [0.4, 0.5) is 5.82 Å². The molecule has 2 N–H and O–H groups in total. The molecule has 2 fully saturated rings. The highest BCUT2D eigenvalue weighted by Crippen LogP contribution is 2.46. The number of nitrogens with zero attached hydrogens (tertiary/aromatic N) is 4. The van der Waals surface area contributed by atoms with E-state index in [0.717, 1.165) is 41.8 Å². The van der Waals surface area contributed by atoms with E-state index >= 15 is 0 Å². The molecule has 10 heteroatoms. The molecule has 1 aliphatic carbocycles. The molecule has 160 valence electrons. The number of carbonyl (C=O) groups excluding carboxylic acids is 1. The molecule has 2 aliphatic rings. The van der Waals surface area contributed by atoms with Crippen LogP contribution in [0.15, 0.2) is 40.0 Å². The van der Waals surface area contributed by atoms with E-state index in [2.05, 4.69) is 37.2 Å². The lowest BCUT2D eigenvalue weighted by atomic mass is 10.1. The minimum absolute atomic E-state index is 0.108. The van der Waals surface area contributed by atoms with Gasteiger partial charge in [-0.3, -0.25) is 4.79 Å². The normalized spacial score (nSPS) is 19.3. The highest BCUT2D eigenvalue weighted by molar-refractivity contribution is 7.87. The van der Waals surface area contributed by atoms with E-state index in [4.69, 9.17) is 0 Å². The Hall–Kier alpha value is -2.17. The third-order valence-electron chi connectivity index (χ3n) is 5.78. The summed E-state index contributed by atoms with van der Waals surface area (Å²) in [7, 11) is -0.114. The summed E-state index contributed by atoms with van der Waals surface area (Å²) >= 11 is 4.48. The third kappa shape index (κ3) is 3.79. The van der Waals surface area contributed by atoms with Crippen LogP contribution >= 0.6 is 12.6 Å². The van der Waals surface area contributed by atoms with Gasteiger partial charge < -0.3 is 14.8 Å². The predicted octanol–water partition coefficient (Wildman–Crippen LogP) is 2.08. The maximum atomic E-state index is 13.2. The predicted molar refractivity (Wildman–Crippen MR) is 124 cm³/mol. The Labute approximate surface area is 183 Å². The van der Waals surface area contributed by atoms with Gasteiger partial charge in [0.15, 0.2) is 15.9 Å². The third-order valence-corrected chi connectivity index (χ3v) is 7.52. The number of amides is 1. The number of aromatic amines is 1. The molecule has 1 saturated carbocycles. The number of piperazine rings is 1. The molecule has 0 radical (unpaired) electrons. The Bertz CT molecular complexity index is 1070. The first kappa shape index (κ1) is 21.1. The minimum atomic E-state index is -1.76.